The van der Waals surface area contributed by atoms with Gasteiger partial charge in [-0.15, -0.1) is 12.4 Å². The first-order valence-electron chi connectivity index (χ1n) is 6.13. The van der Waals surface area contributed by atoms with Crippen molar-refractivity contribution < 1.29 is 4.79 Å². The first kappa shape index (κ1) is 13.8. The van der Waals surface area contributed by atoms with Gasteiger partial charge in [-0.1, -0.05) is 26.7 Å². The SMILES string of the molecule is CC1(C)CCCCC1NC(=O)[C@H]1CCN1.Cl. The molecule has 2 atom stereocenters. The zero-order valence-corrected chi connectivity index (χ0v) is 11.0. The van der Waals surface area contributed by atoms with Gasteiger partial charge in [0, 0.05) is 6.04 Å². The van der Waals surface area contributed by atoms with Gasteiger partial charge >= 0.3 is 0 Å². The van der Waals surface area contributed by atoms with Gasteiger partial charge in [0.05, 0.1) is 6.04 Å². The molecule has 1 heterocycles. The molecule has 0 aromatic rings. The van der Waals surface area contributed by atoms with Crippen LogP contribution in [0.15, 0.2) is 0 Å². The third-order valence-corrected chi connectivity index (χ3v) is 3.96. The topological polar surface area (TPSA) is 41.1 Å². The molecule has 3 nitrogen and oxygen atoms in total. The molecular weight excluding hydrogens is 224 g/mol. The Hall–Kier alpha value is -0.280. The van der Waals surface area contributed by atoms with Crippen molar-refractivity contribution in [1.29, 1.82) is 0 Å². The fourth-order valence-electron chi connectivity index (χ4n) is 2.55. The van der Waals surface area contributed by atoms with Crippen molar-refractivity contribution in [2.45, 2.75) is 58.0 Å². The number of amides is 1. The Morgan fingerprint density at radius 2 is 2.00 bits per heavy atom. The lowest BCUT2D eigenvalue weighted by Crippen LogP contribution is -2.57. The van der Waals surface area contributed by atoms with Gasteiger partial charge in [-0.2, -0.15) is 0 Å². The first-order valence-corrected chi connectivity index (χ1v) is 6.13. The maximum absolute atomic E-state index is 11.8. The van der Waals surface area contributed by atoms with Gasteiger partial charge in [0.15, 0.2) is 0 Å². The largest absolute Gasteiger partial charge is 0.351 e. The first-order chi connectivity index (χ1) is 7.09. The van der Waals surface area contributed by atoms with Crippen molar-refractivity contribution >= 4 is 18.3 Å². The van der Waals surface area contributed by atoms with Gasteiger partial charge in [0.2, 0.25) is 5.91 Å². The summed E-state index contributed by atoms with van der Waals surface area (Å²) in [5, 5.41) is 6.36. The lowest BCUT2D eigenvalue weighted by molar-refractivity contribution is -0.126. The number of hydrogen-bond acceptors (Lipinski definition) is 2. The van der Waals surface area contributed by atoms with E-state index in [4.69, 9.17) is 0 Å². The Bertz CT molecular complexity index is 251. The average Bonchev–Trinajstić information content (AvgIpc) is 2.05. The van der Waals surface area contributed by atoms with Gasteiger partial charge in [0.25, 0.3) is 0 Å². The zero-order chi connectivity index (χ0) is 10.9. The lowest BCUT2D eigenvalue weighted by atomic mass is 9.73. The summed E-state index contributed by atoms with van der Waals surface area (Å²) < 4.78 is 0. The van der Waals surface area contributed by atoms with Crippen LogP contribution in [-0.2, 0) is 4.79 Å². The summed E-state index contributed by atoms with van der Waals surface area (Å²) in [6, 6.07) is 0.462. The van der Waals surface area contributed by atoms with E-state index in [1.165, 1.54) is 19.3 Å². The van der Waals surface area contributed by atoms with Crippen LogP contribution in [0.3, 0.4) is 0 Å². The van der Waals surface area contributed by atoms with Gasteiger partial charge < -0.3 is 10.6 Å². The maximum atomic E-state index is 11.8. The Kier molecular flexibility index (Phi) is 4.62. The van der Waals surface area contributed by atoms with Crippen molar-refractivity contribution in [2.24, 2.45) is 5.41 Å². The highest BCUT2D eigenvalue weighted by atomic mass is 35.5. The maximum Gasteiger partial charge on any atom is 0.237 e. The summed E-state index contributed by atoms with van der Waals surface area (Å²) in [5.41, 5.74) is 0.275. The molecule has 16 heavy (non-hydrogen) atoms. The van der Waals surface area contributed by atoms with Crippen LogP contribution in [0.4, 0.5) is 0 Å². The number of rotatable bonds is 2. The monoisotopic (exact) mass is 246 g/mol. The van der Waals surface area contributed by atoms with E-state index < -0.39 is 0 Å². The molecule has 0 spiro atoms. The molecule has 1 aliphatic heterocycles. The fraction of sp³-hybridized carbons (Fsp3) is 0.917. The third kappa shape index (κ3) is 2.89. The molecule has 1 saturated carbocycles. The van der Waals surface area contributed by atoms with Gasteiger partial charge in [-0.05, 0) is 31.2 Å². The average molecular weight is 247 g/mol. The quantitative estimate of drug-likeness (QED) is 0.781. The molecule has 0 aromatic carbocycles. The van der Waals surface area contributed by atoms with Crippen molar-refractivity contribution in [3.8, 4) is 0 Å². The van der Waals surface area contributed by atoms with Crippen molar-refractivity contribution in [2.75, 3.05) is 6.54 Å². The molecule has 1 aliphatic carbocycles. The third-order valence-electron chi connectivity index (χ3n) is 3.96. The molecule has 94 valence electrons. The summed E-state index contributed by atoms with van der Waals surface area (Å²) in [6.07, 6.45) is 5.94. The van der Waals surface area contributed by atoms with E-state index in [9.17, 15) is 4.79 Å². The Morgan fingerprint density at radius 3 is 2.50 bits per heavy atom. The number of carbonyl (C=O) groups is 1. The summed E-state index contributed by atoms with van der Waals surface area (Å²) in [4.78, 5) is 11.8. The molecule has 4 heteroatoms. The fourth-order valence-corrected chi connectivity index (χ4v) is 2.55. The molecule has 1 saturated heterocycles. The number of halogens is 1. The van der Waals surface area contributed by atoms with Crippen LogP contribution in [0.25, 0.3) is 0 Å². The van der Waals surface area contributed by atoms with Crippen LogP contribution >= 0.6 is 12.4 Å². The molecule has 2 N–H and O–H groups in total. The molecule has 0 bridgehead atoms. The minimum Gasteiger partial charge on any atom is -0.351 e. The van der Waals surface area contributed by atoms with E-state index in [0.29, 0.717) is 6.04 Å². The van der Waals surface area contributed by atoms with Crippen LogP contribution < -0.4 is 10.6 Å². The minimum absolute atomic E-state index is 0. The van der Waals surface area contributed by atoms with E-state index >= 15 is 0 Å². The molecule has 0 radical (unpaired) electrons. The minimum atomic E-state index is 0. The van der Waals surface area contributed by atoms with Crippen LogP contribution in [-0.4, -0.2) is 24.5 Å². The van der Waals surface area contributed by atoms with Crippen molar-refractivity contribution in [1.82, 2.24) is 10.6 Å². The molecular formula is C12H23ClN2O. The summed E-state index contributed by atoms with van der Waals surface area (Å²) in [7, 11) is 0. The van der Waals surface area contributed by atoms with E-state index in [2.05, 4.69) is 24.5 Å². The normalized spacial score (nSPS) is 32.1. The van der Waals surface area contributed by atoms with E-state index in [-0.39, 0.29) is 29.8 Å². The second-order valence-corrected chi connectivity index (χ2v) is 5.59. The van der Waals surface area contributed by atoms with Gasteiger partial charge in [-0.3, -0.25) is 4.79 Å². The van der Waals surface area contributed by atoms with E-state index in [0.717, 1.165) is 19.4 Å². The van der Waals surface area contributed by atoms with Crippen LogP contribution in [0.5, 0.6) is 0 Å². The van der Waals surface area contributed by atoms with Gasteiger partial charge in [0.1, 0.15) is 0 Å². The summed E-state index contributed by atoms with van der Waals surface area (Å²) in [6.45, 7) is 5.53. The second-order valence-electron chi connectivity index (χ2n) is 5.59. The summed E-state index contributed by atoms with van der Waals surface area (Å²) in [5.74, 6) is 0.209. The molecule has 2 fully saturated rings. The van der Waals surface area contributed by atoms with Crippen LogP contribution in [0.1, 0.15) is 46.0 Å². The zero-order valence-electron chi connectivity index (χ0n) is 10.2. The standard InChI is InChI=1S/C12H22N2O.ClH/c1-12(2)7-4-3-5-10(12)14-11(15)9-6-8-13-9;/h9-10,13H,3-8H2,1-2H3,(H,14,15);1H/t9-,10?;/m1./s1. The van der Waals surface area contributed by atoms with Crippen molar-refractivity contribution in [3.05, 3.63) is 0 Å². The van der Waals surface area contributed by atoms with Gasteiger partial charge in [-0.25, -0.2) is 0 Å². The van der Waals surface area contributed by atoms with Crippen molar-refractivity contribution in [3.63, 3.8) is 0 Å². The number of carbonyl (C=O) groups excluding carboxylic acids is 1. The predicted molar refractivity (Wildman–Crippen MR) is 67.8 cm³/mol. The highest BCUT2D eigenvalue weighted by molar-refractivity contribution is 5.85. The Morgan fingerprint density at radius 1 is 1.31 bits per heavy atom. The highest BCUT2D eigenvalue weighted by Gasteiger charge is 2.35. The van der Waals surface area contributed by atoms with E-state index in [1.54, 1.807) is 0 Å². The van der Waals surface area contributed by atoms with Crippen LogP contribution in [0, 0.1) is 5.41 Å². The van der Waals surface area contributed by atoms with Crippen LogP contribution in [0.2, 0.25) is 0 Å². The summed E-state index contributed by atoms with van der Waals surface area (Å²) >= 11 is 0. The van der Waals surface area contributed by atoms with E-state index in [1.807, 2.05) is 0 Å². The molecule has 1 amide bonds. The lowest BCUT2D eigenvalue weighted by Gasteiger charge is -2.40. The number of nitrogens with one attached hydrogen (secondary N) is 2. The smallest absolute Gasteiger partial charge is 0.237 e. The molecule has 2 rings (SSSR count). The Balaban J connectivity index is 0.00000128. The highest BCUT2D eigenvalue weighted by Crippen LogP contribution is 2.35. The molecule has 1 unspecified atom stereocenters. The Labute approximate surface area is 104 Å². The predicted octanol–water partition coefficient (Wildman–Crippen LogP) is 1.86. The molecule has 2 aliphatic rings. The number of hydrogen-bond donors (Lipinski definition) is 2. The second kappa shape index (κ2) is 5.37. The molecule has 0 aromatic heterocycles.